The number of nitrogens with zero attached hydrogens (tertiary/aromatic N) is 3. The lowest BCUT2D eigenvalue weighted by Crippen LogP contribution is -2.28. The van der Waals surface area contributed by atoms with Gasteiger partial charge in [-0.15, -0.1) is 0 Å². The summed E-state index contributed by atoms with van der Waals surface area (Å²) in [4.78, 5) is 20.8. The van der Waals surface area contributed by atoms with Crippen LogP contribution in [0.2, 0.25) is 0 Å². The summed E-state index contributed by atoms with van der Waals surface area (Å²) in [6.07, 6.45) is 1.41. The first-order valence-electron chi connectivity index (χ1n) is 7.26. The molecule has 0 spiro atoms. The number of hydrogen-bond acceptors (Lipinski definition) is 5. The first-order valence-corrected chi connectivity index (χ1v) is 8.70. The van der Waals surface area contributed by atoms with Crippen molar-refractivity contribution in [1.82, 2.24) is 9.71 Å². The largest absolute Gasteiger partial charge is 0.416 e. The molecule has 2 heterocycles. The lowest BCUT2D eigenvalue weighted by Gasteiger charge is -2.20. The molecule has 2 N–H and O–H groups in total. The quantitative estimate of drug-likeness (QED) is 0.731. The molecule has 8 nitrogen and oxygen atoms in total. The summed E-state index contributed by atoms with van der Waals surface area (Å²) in [6.45, 7) is 0. The van der Waals surface area contributed by atoms with Crippen molar-refractivity contribution in [2.75, 3.05) is 18.5 Å². The Hall–Kier alpha value is -3.07. The van der Waals surface area contributed by atoms with Gasteiger partial charge in [0.15, 0.2) is 5.03 Å². The van der Waals surface area contributed by atoms with Crippen LogP contribution in [0.1, 0.15) is 10.5 Å². The highest BCUT2D eigenvalue weighted by Gasteiger charge is 2.26. The number of benzene rings is 1. The van der Waals surface area contributed by atoms with Crippen LogP contribution < -0.4 is 14.9 Å². The standard InChI is InChI=1S/C16H16N4O4S/c1-19(25(22,23)14-8-3-4-9-18-14)12-7-5-6-11-10-13(16(17)21)20(24-2)15(11)12/h3-10H,1-2H3,(H2,17,21). The normalized spacial score (nSPS) is 11.4. The molecule has 0 aliphatic rings. The Morgan fingerprint density at radius 1 is 1.24 bits per heavy atom. The first kappa shape index (κ1) is 16.8. The Bertz CT molecular complexity index is 1040. The predicted molar refractivity (Wildman–Crippen MR) is 92.8 cm³/mol. The monoisotopic (exact) mass is 360 g/mol. The van der Waals surface area contributed by atoms with Crippen LogP contribution in [0.4, 0.5) is 5.69 Å². The predicted octanol–water partition coefficient (Wildman–Crippen LogP) is 1.02. The number of hydrogen-bond donors (Lipinski definition) is 1. The molecule has 0 aliphatic carbocycles. The average Bonchev–Trinajstić information content (AvgIpc) is 3.00. The van der Waals surface area contributed by atoms with Crippen LogP contribution in [-0.2, 0) is 10.0 Å². The second kappa shape index (κ2) is 6.10. The molecule has 2 aromatic heterocycles. The third kappa shape index (κ3) is 2.68. The summed E-state index contributed by atoms with van der Waals surface area (Å²) < 4.78 is 28.0. The van der Waals surface area contributed by atoms with Crippen LogP contribution in [0.15, 0.2) is 53.7 Å². The fourth-order valence-corrected chi connectivity index (χ4v) is 3.73. The van der Waals surface area contributed by atoms with E-state index in [9.17, 15) is 13.2 Å². The number of carbonyl (C=O) groups excluding carboxylic acids is 1. The zero-order valence-electron chi connectivity index (χ0n) is 13.6. The number of pyridine rings is 1. The van der Waals surface area contributed by atoms with E-state index in [1.807, 2.05) is 0 Å². The third-order valence-electron chi connectivity index (χ3n) is 3.80. The molecular formula is C16H16N4O4S. The highest BCUT2D eigenvalue weighted by molar-refractivity contribution is 7.92. The van der Waals surface area contributed by atoms with E-state index in [1.165, 1.54) is 31.2 Å². The number of nitrogens with two attached hydrogens (primary N) is 1. The second-order valence-electron chi connectivity index (χ2n) is 5.23. The Labute approximate surface area is 144 Å². The molecule has 0 saturated heterocycles. The third-order valence-corrected chi connectivity index (χ3v) is 5.48. The van der Waals surface area contributed by atoms with Crippen molar-refractivity contribution in [1.29, 1.82) is 0 Å². The molecule has 9 heteroatoms. The number of carbonyl (C=O) groups is 1. The Balaban J connectivity index is 2.24. The molecule has 0 radical (unpaired) electrons. The summed E-state index contributed by atoms with van der Waals surface area (Å²) in [7, 11) is -1.10. The molecular weight excluding hydrogens is 344 g/mol. The van der Waals surface area contributed by atoms with Crippen molar-refractivity contribution < 1.29 is 18.0 Å². The van der Waals surface area contributed by atoms with E-state index in [0.29, 0.717) is 16.6 Å². The molecule has 1 amide bonds. The van der Waals surface area contributed by atoms with Crippen molar-refractivity contribution in [2.24, 2.45) is 5.73 Å². The smallest absolute Gasteiger partial charge is 0.281 e. The lowest BCUT2D eigenvalue weighted by molar-refractivity contribution is 0.0950. The number of rotatable bonds is 5. The minimum Gasteiger partial charge on any atom is -0.416 e. The van der Waals surface area contributed by atoms with Crippen LogP contribution >= 0.6 is 0 Å². The van der Waals surface area contributed by atoms with Gasteiger partial charge >= 0.3 is 0 Å². The molecule has 0 unspecified atom stereocenters. The summed E-state index contributed by atoms with van der Waals surface area (Å²) in [5.74, 6) is -0.681. The van der Waals surface area contributed by atoms with Gasteiger partial charge in [-0.1, -0.05) is 18.2 Å². The van der Waals surface area contributed by atoms with Crippen molar-refractivity contribution in [3.8, 4) is 0 Å². The molecule has 1 aromatic carbocycles. The number of anilines is 1. The maximum absolute atomic E-state index is 12.8. The maximum atomic E-state index is 12.8. The Morgan fingerprint density at radius 3 is 2.60 bits per heavy atom. The van der Waals surface area contributed by atoms with Crippen molar-refractivity contribution in [3.63, 3.8) is 0 Å². The zero-order chi connectivity index (χ0) is 18.2. The fraction of sp³-hybridized carbons (Fsp3) is 0.125. The number of primary amides is 1. The molecule has 0 atom stereocenters. The van der Waals surface area contributed by atoms with Gasteiger partial charge in [0.05, 0.1) is 5.69 Å². The minimum absolute atomic E-state index is 0.0832. The van der Waals surface area contributed by atoms with Crippen LogP contribution in [-0.4, -0.2) is 38.2 Å². The topological polar surface area (TPSA) is 108 Å². The lowest BCUT2D eigenvalue weighted by atomic mass is 10.2. The molecule has 25 heavy (non-hydrogen) atoms. The van der Waals surface area contributed by atoms with Crippen molar-refractivity contribution >= 4 is 32.5 Å². The summed E-state index contributed by atoms with van der Waals surface area (Å²) >= 11 is 0. The van der Waals surface area contributed by atoms with Gasteiger partial charge in [0.25, 0.3) is 15.9 Å². The average molecular weight is 360 g/mol. The number of fused-ring (bicyclic) bond motifs is 1. The van der Waals surface area contributed by atoms with Gasteiger partial charge in [-0.05, 0) is 24.3 Å². The van der Waals surface area contributed by atoms with Crippen molar-refractivity contribution in [3.05, 3.63) is 54.4 Å². The van der Waals surface area contributed by atoms with E-state index in [1.54, 1.807) is 36.4 Å². The van der Waals surface area contributed by atoms with Gasteiger partial charge in [0, 0.05) is 18.6 Å². The van der Waals surface area contributed by atoms with Gasteiger partial charge in [-0.2, -0.15) is 13.1 Å². The molecule has 0 bridgehead atoms. The van der Waals surface area contributed by atoms with E-state index in [0.717, 1.165) is 4.31 Å². The van der Waals surface area contributed by atoms with Crippen LogP contribution in [0, 0.1) is 0 Å². The van der Waals surface area contributed by atoms with Gasteiger partial charge in [-0.25, -0.2) is 4.98 Å². The Morgan fingerprint density at radius 2 is 2.00 bits per heavy atom. The van der Waals surface area contributed by atoms with Crippen LogP contribution in [0.5, 0.6) is 0 Å². The number of amides is 1. The van der Waals surface area contributed by atoms with Gasteiger partial charge in [-0.3, -0.25) is 9.10 Å². The van der Waals surface area contributed by atoms with E-state index < -0.39 is 15.9 Å². The molecule has 0 aliphatic heterocycles. The summed E-state index contributed by atoms with van der Waals surface area (Å²) in [5.41, 5.74) is 6.24. The molecule has 3 rings (SSSR count). The van der Waals surface area contributed by atoms with Gasteiger partial charge in [0.2, 0.25) is 0 Å². The van der Waals surface area contributed by atoms with Crippen LogP contribution in [0.25, 0.3) is 10.9 Å². The molecule has 0 fully saturated rings. The highest BCUT2D eigenvalue weighted by atomic mass is 32.2. The fourth-order valence-electron chi connectivity index (χ4n) is 2.60. The number of aromatic nitrogens is 2. The second-order valence-corrected chi connectivity index (χ2v) is 7.14. The van der Waals surface area contributed by atoms with Gasteiger partial charge < -0.3 is 10.6 Å². The zero-order valence-corrected chi connectivity index (χ0v) is 14.4. The number of para-hydroxylation sites is 1. The van der Waals surface area contributed by atoms with E-state index in [4.69, 9.17) is 10.6 Å². The Kier molecular flexibility index (Phi) is 4.09. The molecule has 0 saturated carbocycles. The van der Waals surface area contributed by atoms with E-state index >= 15 is 0 Å². The van der Waals surface area contributed by atoms with Gasteiger partial charge in [0.1, 0.15) is 18.3 Å². The maximum Gasteiger partial charge on any atom is 0.281 e. The van der Waals surface area contributed by atoms with E-state index in [-0.39, 0.29) is 10.7 Å². The minimum atomic E-state index is -3.88. The summed E-state index contributed by atoms with van der Waals surface area (Å²) in [5, 5.41) is 0.538. The van der Waals surface area contributed by atoms with Crippen LogP contribution in [0.3, 0.4) is 0 Å². The SMILES string of the molecule is COn1c(C(N)=O)cc2cccc(N(C)S(=O)(=O)c3ccccn3)c21. The summed E-state index contributed by atoms with van der Waals surface area (Å²) in [6, 6.07) is 11.2. The number of sulfonamides is 1. The highest BCUT2D eigenvalue weighted by Crippen LogP contribution is 2.31. The first-order chi connectivity index (χ1) is 11.9. The van der Waals surface area contributed by atoms with Crippen molar-refractivity contribution in [2.45, 2.75) is 5.03 Å². The van der Waals surface area contributed by atoms with E-state index in [2.05, 4.69) is 4.98 Å². The molecule has 130 valence electrons. The molecule has 3 aromatic rings.